The standard InChI is InChI=1S/C19H26O6/c1-4-22-10-12-24-18(20)17(19(21)25-13-11-23-5-2)14-16-8-6-15(3)7-9-16/h6-9,14H,4-5,10-13H2,1-3H3. The van der Waals surface area contributed by atoms with Gasteiger partial charge in [-0.2, -0.15) is 0 Å². The van der Waals surface area contributed by atoms with Gasteiger partial charge in [-0.3, -0.25) is 0 Å². The van der Waals surface area contributed by atoms with Gasteiger partial charge < -0.3 is 18.9 Å². The lowest BCUT2D eigenvalue weighted by molar-refractivity contribution is -0.148. The SMILES string of the molecule is CCOCCOC(=O)C(=Cc1ccc(C)cc1)C(=O)OCCOCC. The Kier molecular flexibility index (Phi) is 10.2. The van der Waals surface area contributed by atoms with Crippen LogP contribution in [-0.2, 0) is 28.5 Å². The number of carbonyl (C=O) groups is 2. The molecule has 0 aliphatic carbocycles. The van der Waals surface area contributed by atoms with E-state index in [1.54, 1.807) is 0 Å². The van der Waals surface area contributed by atoms with Gasteiger partial charge in [-0.05, 0) is 32.4 Å². The predicted molar refractivity (Wildman–Crippen MR) is 94.1 cm³/mol. The van der Waals surface area contributed by atoms with Crippen molar-refractivity contribution in [2.24, 2.45) is 0 Å². The molecule has 0 bridgehead atoms. The number of aryl methyl sites for hydroxylation is 1. The summed E-state index contributed by atoms with van der Waals surface area (Å²) in [7, 11) is 0. The number of benzene rings is 1. The molecule has 0 atom stereocenters. The summed E-state index contributed by atoms with van der Waals surface area (Å²) in [5, 5.41) is 0. The summed E-state index contributed by atoms with van der Waals surface area (Å²) in [4.78, 5) is 24.5. The molecular formula is C19H26O6. The van der Waals surface area contributed by atoms with Crippen molar-refractivity contribution in [3.05, 3.63) is 41.0 Å². The Bertz CT molecular complexity index is 536. The van der Waals surface area contributed by atoms with Crippen LogP contribution in [-0.4, -0.2) is 51.6 Å². The van der Waals surface area contributed by atoms with E-state index in [0.717, 1.165) is 5.56 Å². The van der Waals surface area contributed by atoms with Crippen LogP contribution < -0.4 is 0 Å². The molecule has 0 unspecified atom stereocenters. The normalized spacial score (nSPS) is 10.2. The van der Waals surface area contributed by atoms with Gasteiger partial charge in [0, 0.05) is 13.2 Å². The van der Waals surface area contributed by atoms with Crippen molar-refractivity contribution in [1.82, 2.24) is 0 Å². The Balaban J connectivity index is 2.79. The third-order valence-corrected chi connectivity index (χ3v) is 3.16. The molecule has 0 saturated carbocycles. The van der Waals surface area contributed by atoms with Crippen LogP contribution in [0.1, 0.15) is 25.0 Å². The predicted octanol–water partition coefficient (Wildman–Crippen LogP) is 2.54. The summed E-state index contributed by atoms with van der Waals surface area (Å²) < 4.78 is 20.4. The van der Waals surface area contributed by atoms with E-state index in [2.05, 4.69) is 0 Å². The smallest absolute Gasteiger partial charge is 0.345 e. The number of ether oxygens (including phenoxy) is 4. The van der Waals surface area contributed by atoms with Gasteiger partial charge in [0.1, 0.15) is 18.8 Å². The topological polar surface area (TPSA) is 71.1 Å². The number of hydrogen-bond acceptors (Lipinski definition) is 6. The average Bonchev–Trinajstić information content (AvgIpc) is 2.61. The zero-order valence-electron chi connectivity index (χ0n) is 15.1. The van der Waals surface area contributed by atoms with E-state index in [-0.39, 0.29) is 32.0 Å². The lowest BCUT2D eigenvalue weighted by Gasteiger charge is -2.09. The van der Waals surface area contributed by atoms with E-state index in [1.165, 1.54) is 6.08 Å². The first-order chi connectivity index (χ1) is 12.1. The summed E-state index contributed by atoms with van der Waals surface area (Å²) >= 11 is 0. The minimum atomic E-state index is -0.735. The zero-order valence-corrected chi connectivity index (χ0v) is 15.1. The minimum Gasteiger partial charge on any atom is -0.459 e. The highest BCUT2D eigenvalue weighted by molar-refractivity contribution is 6.17. The first-order valence-corrected chi connectivity index (χ1v) is 8.36. The Morgan fingerprint density at radius 1 is 0.840 bits per heavy atom. The second-order valence-electron chi connectivity index (χ2n) is 5.13. The van der Waals surface area contributed by atoms with Crippen molar-refractivity contribution in [1.29, 1.82) is 0 Å². The lowest BCUT2D eigenvalue weighted by Crippen LogP contribution is -2.21. The highest BCUT2D eigenvalue weighted by Gasteiger charge is 2.21. The molecule has 1 aromatic rings. The maximum atomic E-state index is 12.2. The van der Waals surface area contributed by atoms with Crippen LogP contribution in [0.25, 0.3) is 6.08 Å². The third kappa shape index (κ3) is 8.47. The van der Waals surface area contributed by atoms with Crippen LogP contribution in [0.3, 0.4) is 0 Å². The molecule has 0 N–H and O–H groups in total. The van der Waals surface area contributed by atoms with Crippen LogP contribution >= 0.6 is 0 Å². The van der Waals surface area contributed by atoms with E-state index in [9.17, 15) is 9.59 Å². The van der Waals surface area contributed by atoms with Crippen LogP contribution in [0.2, 0.25) is 0 Å². The molecule has 0 spiro atoms. The number of carbonyl (C=O) groups excluding carboxylic acids is 2. The largest absolute Gasteiger partial charge is 0.459 e. The van der Waals surface area contributed by atoms with Gasteiger partial charge in [-0.1, -0.05) is 29.8 Å². The van der Waals surface area contributed by atoms with Crippen molar-refractivity contribution in [3.8, 4) is 0 Å². The van der Waals surface area contributed by atoms with Gasteiger partial charge in [-0.15, -0.1) is 0 Å². The molecule has 0 aliphatic heterocycles. The summed E-state index contributed by atoms with van der Waals surface area (Å²) in [6, 6.07) is 7.42. The maximum absolute atomic E-state index is 12.2. The Labute approximate surface area is 148 Å². The lowest BCUT2D eigenvalue weighted by atomic mass is 10.1. The summed E-state index contributed by atoms with van der Waals surface area (Å²) in [6.45, 7) is 7.41. The maximum Gasteiger partial charge on any atom is 0.345 e. The molecule has 6 heteroatoms. The van der Waals surface area contributed by atoms with Crippen LogP contribution in [0.5, 0.6) is 0 Å². The van der Waals surface area contributed by atoms with Crippen molar-refractivity contribution in [3.63, 3.8) is 0 Å². The van der Waals surface area contributed by atoms with Crippen LogP contribution in [0.15, 0.2) is 29.8 Å². The third-order valence-electron chi connectivity index (χ3n) is 3.16. The van der Waals surface area contributed by atoms with Crippen molar-refractivity contribution < 1.29 is 28.5 Å². The second kappa shape index (κ2) is 12.2. The quantitative estimate of drug-likeness (QED) is 0.201. The fourth-order valence-corrected chi connectivity index (χ4v) is 1.86. The molecule has 0 saturated heterocycles. The number of rotatable bonds is 11. The zero-order chi connectivity index (χ0) is 18.5. The molecule has 0 radical (unpaired) electrons. The van der Waals surface area contributed by atoms with Crippen molar-refractivity contribution >= 4 is 18.0 Å². The summed E-state index contributed by atoms with van der Waals surface area (Å²) in [5.74, 6) is -1.47. The molecule has 0 fully saturated rings. The molecule has 1 aromatic carbocycles. The molecule has 0 amide bonds. The Morgan fingerprint density at radius 2 is 1.32 bits per heavy atom. The molecule has 1 rings (SSSR count). The molecule has 6 nitrogen and oxygen atoms in total. The molecular weight excluding hydrogens is 324 g/mol. The van der Waals surface area contributed by atoms with E-state index in [1.807, 2.05) is 45.0 Å². The summed E-state index contributed by atoms with van der Waals surface area (Å²) in [5.41, 5.74) is 1.64. The molecule has 0 aromatic heterocycles. The second-order valence-corrected chi connectivity index (χ2v) is 5.13. The van der Waals surface area contributed by atoms with E-state index in [4.69, 9.17) is 18.9 Å². The first-order valence-electron chi connectivity index (χ1n) is 8.36. The summed E-state index contributed by atoms with van der Waals surface area (Å²) in [6.07, 6.45) is 1.46. The first kappa shape index (κ1) is 20.9. The van der Waals surface area contributed by atoms with E-state index < -0.39 is 11.9 Å². The number of esters is 2. The van der Waals surface area contributed by atoms with Crippen molar-refractivity contribution in [2.45, 2.75) is 20.8 Å². The van der Waals surface area contributed by atoms with Crippen LogP contribution in [0.4, 0.5) is 0 Å². The highest BCUT2D eigenvalue weighted by atomic mass is 16.6. The monoisotopic (exact) mass is 350 g/mol. The average molecular weight is 350 g/mol. The minimum absolute atomic E-state index is 0.0735. The van der Waals surface area contributed by atoms with Crippen LogP contribution in [0, 0.1) is 6.92 Å². The molecule has 0 aliphatic rings. The van der Waals surface area contributed by atoms with Gasteiger partial charge >= 0.3 is 11.9 Å². The van der Waals surface area contributed by atoms with Gasteiger partial charge in [0.05, 0.1) is 13.2 Å². The fourth-order valence-electron chi connectivity index (χ4n) is 1.86. The Hall–Kier alpha value is -2.18. The van der Waals surface area contributed by atoms with Crippen molar-refractivity contribution in [2.75, 3.05) is 39.6 Å². The van der Waals surface area contributed by atoms with Gasteiger partial charge in [0.2, 0.25) is 0 Å². The highest BCUT2D eigenvalue weighted by Crippen LogP contribution is 2.12. The molecule has 25 heavy (non-hydrogen) atoms. The molecule has 138 valence electrons. The Morgan fingerprint density at radius 3 is 1.76 bits per heavy atom. The number of hydrogen-bond donors (Lipinski definition) is 0. The van der Waals surface area contributed by atoms with E-state index in [0.29, 0.717) is 18.8 Å². The fraction of sp³-hybridized carbons (Fsp3) is 0.474. The van der Waals surface area contributed by atoms with Gasteiger partial charge in [0.15, 0.2) is 0 Å². The van der Waals surface area contributed by atoms with E-state index >= 15 is 0 Å². The van der Waals surface area contributed by atoms with Gasteiger partial charge in [0.25, 0.3) is 0 Å². The molecule has 0 heterocycles. The van der Waals surface area contributed by atoms with Gasteiger partial charge in [-0.25, -0.2) is 9.59 Å².